The number of nitrogens with zero attached hydrogens (tertiary/aromatic N) is 2. The van der Waals surface area contributed by atoms with E-state index in [4.69, 9.17) is 21.9 Å². The Balaban J connectivity index is 2.15. The van der Waals surface area contributed by atoms with E-state index in [1.807, 2.05) is 13.8 Å². The van der Waals surface area contributed by atoms with Crippen molar-refractivity contribution in [1.82, 2.24) is 10.2 Å². The number of carbonyl (C=O) groups excluding carboxylic acids is 4. The Labute approximate surface area is 223 Å². The molecule has 8 N–H and O–H groups in total. The molecule has 3 amide bonds. The van der Waals surface area contributed by atoms with Crippen molar-refractivity contribution in [3.05, 3.63) is 23.8 Å². The molecular weight excluding hydrogens is 490 g/mol. The number of carbonyl (C=O) groups is 4. The Morgan fingerprint density at radius 3 is 2.55 bits per heavy atom. The summed E-state index contributed by atoms with van der Waals surface area (Å²) in [5.41, 5.74) is 17.2. The van der Waals surface area contributed by atoms with E-state index < -0.39 is 29.9 Å². The number of hydrogen-bond acceptors (Lipinski definition) is 7. The summed E-state index contributed by atoms with van der Waals surface area (Å²) in [4.78, 5) is 56.8. The molecule has 1 aromatic rings. The van der Waals surface area contributed by atoms with Gasteiger partial charge in [-0.25, -0.2) is 0 Å². The summed E-state index contributed by atoms with van der Waals surface area (Å²) in [6.07, 6.45) is 2.77. The van der Waals surface area contributed by atoms with Crippen LogP contribution in [0.15, 0.2) is 23.2 Å². The molecule has 1 fully saturated rings. The van der Waals surface area contributed by atoms with E-state index in [1.165, 1.54) is 18.9 Å². The number of nitrogens with one attached hydrogen (secondary N) is 2. The quantitative estimate of drug-likeness (QED) is 0.140. The van der Waals surface area contributed by atoms with Crippen molar-refractivity contribution in [1.29, 1.82) is 0 Å². The molecule has 1 aliphatic rings. The Bertz CT molecular complexity index is 1040. The third kappa shape index (κ3) is 7.91. The molecule has 1 saturated heterocycles. The average Bonchev–Trinajstić information content (AvgIpc) is 3.38. The fourth-order valence-corrected chi connectivity index (χ4v) is 4.51. The molecule has 2 rings (SSSR count). The van der Waals surface area contributed by atoms with Crippen LogP contribution in [-0.4, -0.2) is 72.7 Å². The SMILES string of the molecule is CCC(C)[C@H](NC(=O)c1cccc(NC(=O)[C@@H]2CCCN2C(=O)[C@@H](N)CCCN=C(N)N)c1OC)C(C)=O. The lowest BCUT2D eigenvalue weighted by molar-refractivity contribution is -0.137. The van der Waals surface area contributed by atoms with Gasteiger partial charge in [-0.15, -0.1) is 0 Å². The number of nitrogens with two attached hydrogens (primary N) is 3. The zero-order valence-corrected chi connectivity index (χ0v) is 22.7. The van der Waals surface area contributed by atoms with Gasteiger partial charge >= 0.3 is 0 Å². The molecule has 4 atom stereocenters. The molecule has 0 aliphatic carbocycles. The number of rotatable bonds is 13. The van der Waals surface area contributed by atoms with Crippen LogP contribution in [0.3, 0.4) is 0 Å². The Morgan fingerprint density at radius 1 is 1.24 bits per heavy atom. The highest BCUT2D eigenvalue weighted by Crippen LogP contribution is 2.30. The topological polar surface area (TPSA) is 195 Å². The Hall–Kier alpha value is -3.67. The van der Waals surface area contributed by atoms with Gasteiger partial charge in [-0.05, 0) is 50.7 Å². The number of para-hydroxylation sites is 1. The van der Waals surface area contributed by atoms with Crippen molar-refractivity contribution < 1.29 is 23.9 Å². The number of likely N-dealkylation sites (tertiary alicyclic amines) is 1. The second-order valence-corrected chi connectivity index (χ2v) is 9.57. The summed E-state index contributed by atoms with van der Waals surface area (Å²) < 4.78 is 5.48. The van der Waals surface area contributed by atoms with Crippen LogP contribution >= 0.6 is 0 Å². The predicted octanol–water partition coefficient (Wildman–Crippen LogP) is 0.739. The maximum atomic E-state index is 13.2. The van der Waals surface area contributed by atoms with Gasteiger partial charge in [-0.1, -0.05) is 26.3 Å². The lowest BCUT2D eigenvalue weighted by Gasteiger charge is -2.27. The minimum atomic E-state index is -0.779. The zero-order chi connectivity index (χ0) is 28.4. The Morgan fingerprint density at radius 2 is 1.95 bits per heavy atom. The molecule has 0 aromatic heterocycles. The van der Waals surface area contributed by atoms with Crippen LogP contribution in [0, 0.1) is 5.92 Å². The number of ether oxygens (including phenoxy) is 1. The summed E-state index contributed by atoms with van der Waals surface area (Å²) in [7, 11) is 1.39. The van der Waals surface area contributed by atoms with Gasteiger partial charge < -0.3 is 37.5 Å². The first-order chi connectivity index (χ1) is 18.0. The first-order valence-electron chi connectivity index (χ1n) is 12.9. The van der Waals surface area contributed by atoms with Gasteiger partial charge in [-0.2, -0.15) is 0 Å². The number of hydrogen-bond donors (Lipinski definition) is 5. The van der Waals surface area contributed by atoms with E-state index in [9.17, 15) is 19.2 Å². The third-order valence-electron chi connectivity index (χ3n) is 6.78. The molecule has 0 spiro atoms. The van der Waals surface area contributed by atoms with Crippen molar-refractivity contribution >= 4 is 35.2 Å². The summed E-state index contributed by atoms with van der Waals surface area (Å²) in [6, 6.07) is 2.66. The molecule has 210 valence electrons. The van der Waals surface area contributed by atoms with Gasteiger partial charge in [0.1, 0.15) is 6.04 Å². The molecular formula is C26H41N7O5. The molecule has 1 unspecified atom stereocenters. The molecule has 0 bridgehead atoms. The predicted molar refractivity (Wildman–Crippen MR) is 146 cm³/mol. The Kier molecular flexibility index (Phi) is 11.5. The third-order valence-corrected chi connectivity index (χ3v) is 6.78. The fourth-order valence-electron chi connectivity index (χ4n) is 4.51. The second kappa shape index (κ2) is 14.3. The number of benzene rings is 1. The van der Waals surface area contributed by atoms with Gasteiger partial charge in [-0.3, -0.25) is 24.2 Å². The number of anilines is 1. The largest absolute Gasteiger partial charge is 0.494 e. The molecule has 12 nitrogen and oxygen atoms in total. The number of amides is 3. The fraction of sp³-hybridized carbons (Fsp3) is 0.577. The first kappa shape index (κ1) is 30.6. The minimum Gasteiger partial charge on any atom is -0.494 e. The van der Waals surface area contributed by atoms with Crippen LogP contribution in [0.5, 0.6) is 5.75 Å². The maximum Gasteiger partial charge on any atom is 0.255 e. The van der Waals surface area contributed by atoms with Crippen LogP contribution in [0.2, 0.25) is 0 Å². The van der Waals surface area contributed by atoms with E-state index in [-0.39, 0.29) is 40.6 Å². The van der Waals surface area contributed by atoms with E-state index in [1.54, 1.807) is 18.2 Å². The highest BCUT2D eigenvalue weighted by Gasteiger charge is 2.36. The summed E-state index contributed by atoms with van der Waals surface area (Å²) in [5.74, 6) is -1.24. The summed E-state index contributed by atoms with van der Waals surface area (Å²) >= 11 is 0. The van der Waals surface area contributed by atoms with E-state index in [2.05, 4.69) is 15.6 Å². The van der Waals surface area contributed by atoms with Crippen LogP contribution in [0.1, 0.15) is 63.2 Å². The molecule has 0 radical (unpaired) electrons. The second-order valence-electron chi connectivity index (χ2n) is 9.57. The lowest BCUT2D eigenvalue weighted by Crippen LogP contribution is -2.49. The van der Waals surface area contributed by atoms with E-state index in [0.29, 0.717) is 45.2 Å². The van der Waals surface area contributed by atoms with Crippen molar-refractivity contribution in [2.75, 3.05) is 25.5 Å². The van der Waals surface area contributed by atoms with Crippen molar-refractivity contribution in [3.8, 4) is 5.75 Å². The van der Waals surface area contributed by atoms with E-state index >= 15 is 0 Å². The number of aliphatic imine (C=N–C) groups is 1. The van der Waals surface area contributed by atoms with Gasteiger partial charge in [0.15, 0.2) is 17.5 Å². The van der Waals surface area contributed by atoms with Crippen molar-refractivity contribution in [2.45, 2.75) is 71.0 Å². The number of guanidine groups is 1. The van der Waals surface area contributed by atoms with Gasteiger partial charge in [0.05, 0.1) is 30.4 Å². The summed E-state index contributed by atoms with van der Waals surface area (Å²) in [5, 5.41) is 5.59. The van der Waals surface area contributed by atoms with Gasteiger partial charge in [0.25, 0.3) is 5.91 Å². The van der Waals surface area contributed by atoms with E-state index in [0.717, 1.165) is 0 Å². The highest BCUT2D eigenvalue weighted by molar-refractivity contribution is 6.04. The van der Waals surface area contributed by atoms with Crippen LogP contribution < -0.4 is 32.6 Å². The lowest BCUT2D eigenvalue weighted by atomic mass is 9.95. The molecule has 12 heteroatoms. The van der Waals surface area contributed by atoms with Gasteiger partial charge in [0.2, 0.25) is 11.8 Å². The monoisotopic (exact) mass is 531 g/mol. The molecule has 0 saturated carbocycles. The smallest absolute Gasteiger partial charge is 0.255 e. The van der Waals surface area contributed by atoms with Crippen LogP contribution in [0.4, 0.5) is 5.69 Å². The van der Waals surface area contributed by atoms with Crippen LogP contribution in [-0.2, 0) is 14.4 Å². The van der Waals surface area contributed by atoms with Crippen LogP contribution in [0.25, 0.3) is 0 Å². The zero-order valence-electron chi connectivity index (χ0n) is 22.7. The molecule has 1 heterocycles. The van der Waals surface area contributed by atoms with Crippen molar-refractivity contribution in [3.63, 3.8) is 0 Å². The first-order valence-corrected chi connectivity index (χ1v) is 12.9. The molecule has 1 aliphatic heterocycles. The number of Topliss-reactive ketones (excluding diaryl/α,β-unsaturated/α-hetero) is 1. The van der Waals surface area contributed by atoms with Crippen molar-refractivity contribution in [2.24, 2.45) is 28.1 Å². The molecule has 1 aromatic carbocycles. The number of methoxy groups -OCH3 is 1. The van der Waals surface area contributed by atoms with Gasteiger partial charge in [0, 0.05) is 13.1 Å². The highest BCUT2D eigenvalue weighted by atomic mass is 16.5. The number of ketones is 1. The standard InChI is InChI=1S/C26H41N7O5/c1-5-15(2)21(16(3)34)32-23(35)17-9-6-11-19(22(17)38-4)31-24(36)20-12-8-14-33(20)25(37)18(27)10-7-13-30-26(28)29/h6,9,11,15,18,20-21H,5,7-8,10,12-14,27H2,1-4H3,(H,31,36)(H,32,35)(H4,28,29,30)/t15?,18-,20-,21-/m0/s1. The normalized spacial score (nSPS) is 17.2. The average molecular weight is 532 g/mol. The summed E-state index contributed by atoms with van der Waals surface area (Å²) in [6.45, 7) is 6.06. The maximum absolute atomic E-state index is 13.2. The minimum absolute atomic E-state index is 0.0210. The molecule has 38 heavy (non-hydrogen) atoms.